The van der Waals surface area contributed by atoms with Gasteiger partial charge in [0.2, 0.25) is 21.0 Å². The minimum absolute atomic E-state index is 0.234. The Balaban J connectivity index is 1.71. The van der Waals surface area contributed by atoms with Crippen molar-refractivity contribution < 1.29 is 4.18 Å². The molecule has 1 aliphatic heterocycles. The van der Waals surface area contributed by atoms with Crippen LogP contribution in [0.4, 0.5) is 0 Å². The van der Waals surface area contributed by atoms with Gasteiger partial charge in [-0.2, -0.15) is 4.18 Å². The van der Waals surface area contributed by atoms with Gasteiger partial charge >= 0.3 is 0 Å². The van der Waals surface area contributed by atoms with Gasteiger partial charge in [-0.15, -0.1) is 0 Å². The Morgan fingerprint density at radius 2 is 1.50 bits per heavy atom. The number of rotatable bonds is 2. The van der Waals surface area contributed by atoms with E-state index >= 15 is 0 Å². The maximum absolute atomic E-state index is 6.71. The zero-order chi connectivity index (χ0) is 14.9. The molecule has 0 spiro atoms. The van der Waals surface area contributed by atoms with E-state index in [4.69, 9.17) is 4.18 Å². The molecule has 114 valence electrons. The first-order chi connectivity index (χ1) is 10.8. The number of hydrogen-bond donors (Lipinski definition) is 0. The largest absolute Gasteiger partial charge is 0.225 e. The quantitative estimate of drug-likeness (QED) is 0.654. The molecule has 0 saturated heterocycles. The van der Waals surface area contributed by atoms with Gasteiger partial charge in [-0.1, -0.05) is 55.8 Å². The van der Waals surface area contributed by atoms with Crippen LogP contribution < -0.4 is 0 Å². The van der Waals surface area contributed by atoms with Crippen molar-refractivity contribution in [3.63, 3.8) is 0 Å². The molecule has 0 radical (unpaired) electrons. The average molecular weight is 330 g/mol. The normalized spacial score (nSPS) is 24.6. The Bertz CT molecular complexity index is 624. The van der Waals surface area contributed by atoms with Crippen LogP contribution in [0.5, 0.6) is 0 Å². The maximum atomic E-state index is 6.71. The van der Waals surface area contributed by atoms with E-state index in [1.165, 1.54) is 45.3 Å². The number of fused-ring (bicyclic) bond motifs is 2. The van der Waals surface area contributed by atoms with Crippen LogP contribution in [0.2, 0.25) is 0 Å². The van der Waals surface area contributed by atoms with Crippen molar-refractivity contribution in [2.75, 3.05) is 0 Å². The van der Waals surface area contributed by atoms with E-state index in [1.807, 2.05) is 11.8 Å². The first-order valence-corrected chi connectivity index (χ1v) is 10.1. The molecular formula is C19H21OS2+. The molecule has 1 saturated carbocycles. The molecule has 1 aliphatic carbocycles. The van der Waals surface area contributed by atoms with Crippen molar-refractivity contribution in [1.29, 1.82) is 0 Å². The van der Waals surface area contributed by atoms with E-state index in [9.17, 15) is 0 Å². The molecule has 1 heterocycles. The molecule has 0 bridgehead atoms. The van der Waals surface area contributed by atoms with Crippen LogP contribution in [0.25, 0.3) is 0 Å². The summed E-state index contributed by atoms with van der Waals surface area (Å²) in [6.07, 6.45) is 5.59. The Morgan fingerprint density at radius 1 is 0.909 bits per heavy atom. The lowest BCUT2D eigenvalue weighted by Gasteiger charge is -2.28. The Labute approximate surface area is 140 Å². The summed E-state index contributed by atoms with van der Waals surface area (Å²) in [6.45, 7) is 2.35. The van der Waals surface area contributed by atoms with Crippen molar-refractivity contribution in [3.8, 4) is 0 Å². The fraction of sp³-hybridized carbons (Fsp3) is 0.368. The predicted molar refractivity (Wildman–Crippen MR) is 93.4 cm³/mol. The van der Waals surface area contributed by atoms with Crippen molar-refractivity contribution in [2.45, 2.75) is 58.3 Å². The highest BCUT2D eigenvalue weighted by Gasteiger charge is 2.41. The topological polar surface area (TPSA) is 9.23 Å². The zero-order valence-electron chi connectivity index (χ0n) is 12.8. The van der Waals surface area contributed by atoms with E-state index in [0.717, 1.165) is 0 Å². The van der Waals surface area contributed by atoms with E-state index in [-0.39, 0.29) is 11.2 Å². The highest BCUT2D eigenvalue weighted by atomic mass is 32.2. The first kappa shape index (κ1) is 14.7. The summed E-state index contributed by atoms with van der Waals surface area (Å²) < 4.78 is 6.71. The SMILES string of the molecule is C[C@H]1CCCC[C@H]1O[S+]1c2ccccc2Sc2ccccc21. The van der Waals surface area contributed by atoms with Crippen molar-refractivity contribution >= 4 is 22.9 Å². The van der Waals surface area contributed by atoms with Gasteiger partial charge in [0.15, 0.2) is 0 Å². The first-order valence-electron chi connectivity index (χ1n) is 8.10. The Morgan fingerprint density at radius 3 is 2.14 bits per heavy atom. The molecule has 0 unspecified atom stereocenters. The molecular weight excluding hydrogens is 308 g/mol. The molecule has 2 aromatic carbocycles. The second kappa shape index (κ2) is 6.31. The van der Waals surface area contributed by atoms with E-state index in [1.54, 1.807) is 0 Å². The molecule has 0 aromatic heterocycles. The third-order valence-corrected chi connectivity index (χ3v) is 7.93. The van der Waals surface area contributed by atoms with Gasteiger partial charge in [-0.25, -0.2) is 0 Å². The fourth-order valence-electron chi connectivity index (χ4n) is 3.26. The molecule has 2 aromatic rings. The van der Waals surface area contributed by atoms with Crippen molar-refractivity contribution in [2.24, 2.45) is 5.92 Å². The van der Waals surface area contributed by atoms with Crippen molar-refractivity contribution in [3.05, 3.63) is 48.5 Å². The lowest BCUT2D eigenvalue weighted by molar-refractivity contribution is 0.120. The molecule has 1 nitrogen and oxygen atoms in total. The minimum atomic E-state index is -0.234. The van der Waals surface area contributed by atoms with Crippen LogP contribution in [0, 0.1) is 5.92 Å². The second-order valence-electron chi connectivity index (χ2n) is 6.16. The summed E-state index contributed by atoms with van der Waals surface area (Å²) in [5.41, 5.74) is 0. The van der Waals surface area contributed by atoms with Gasteiger partial charge in [-0.3, -0.25) is 0 Å². The summed E-state index contributed by atoms with van der Waals surface area (Å²) in [5, 5.41) is 0. The minimum Gasteiger partial charge on any atom is -0.158 e. The van der Waals surface area contributed by atoms with Gasteiger partial charge < -0.3 is 0 Å². The average Bonchev–Trinajstić information content (AvgIpc) is 2.56. The van der Waals surface area contributed by atoms with Gasteiger partial charge in [0.25, 0.3) is 0 Å². The number of benzene rings is 2. The highest BCUT2D eigenvalue weighted by Crippen LogP contribution is 2.47. The van der Waals surface area contributed by atoms with E-state index in [0.29, 0.717) is 12.0 Å². The second-order valence-corrected chi connectivity index (χ2v) is 8.85. The van der Waals surface area contributed by atoms with Gasteiger partial charge in [-0.05, 0) is 43.0 Å². The third kappa shape index (κ3) is 2.70. The molecule has 4 rings (SSSR count). The standard InChI is InChI=1S/C19H21OS2/c1-14-8-2-3-9-15(14)20-22-18-12-6-4-10-16(18)21-17-11-5-7-13-19(17)22/h4-7,10-15H,2-3,8-9H2,1H3/q+1/t14-,15+/m0/s1. The summed E-state index contributed by atoms with van der Waals surface area (Å²) in [7, 11) is 0. The van der Waals surface area contributed by atoms with Crippen LogP contribution in [0.15, 0.2) is 68.1 Å². The lowest BCUT2D eigenvalue weighted by Crippen LogP contribution is -2.29. The Hall–Kier alpha value is -0.900. The summed E-state index contributed by atoms with van der Waals surface area (Å²) in [5.74, 6) is 0.676. The lowest BCUT2D eigenvalue weighted by atomic mass is 9.88. The third-order valence-electron chi connectivity index (χ3n) is 4.57. The van der Waals surface area contributed by atoms with Gasteiger partial charge in [0.05, 0.1) is 9.79 Å². The zero-order valence-corrected chi connectivity index (χ0v) is 14.5. The molecule has 22 heavy (non-hydrogen) atoms. The fourth-order valence-corrected chi connectivity index (χ4v) is 6.72. The van der Waals surface area contributed by atoms with E-state index in [2.05, 4.69) is 55.5 Å². The van der Waals surface area contributed by atoms with Gasteiger partial charge in [0.1, 0.15) is 6.10 Å². The van der Waals surface area contributed by atoms with Crippen LogP contribution in [0.1, 0.15) is 32.6 Å². The van der Waals surface area contributed by atoms with Crippen LogP contribution in [-0.4, -0.2) is 6.10 Å². The van der Waals surface area contributed by atoms with Crippen molar-refractivity contribution in [1.82, 2.24) is 0 Å². The molecule has 0 N–H and O–H groups in total. The molecule has 2 atom stereocenters. The van der Waals surface area contributed by atoms with Crippen LogP contribution in [0.3, 0.4) is 0 Å². The number of hydrogen-bond acceptors (Lipinski definition) is 2. The van der Waals surface area contributed by atoms with E-state index < -0.39 is 0 Å². The monoisotopic (exact) mass is 329 g/mol. The summed E-state index contributed by atoms with van der Waals surface area (Å²) >= 11 is 1.64. The molecule has 1 fully saturated rings. The van der Waals surface area contributed by atoms with Crippen LogP contribution >= 0.6 is 11.8 Å². The Kier molecular flexibility index (Phi) is 4.21. The van der Waals surface area contributed by atoms with Crippen LogP contribution in [-0.2, 0) is 15.4 Å². The van der Waals surface area contributed by atoms with Gasteiger partial charge in [0, 0.05) is 0 Å². The maximum Gasteiger partial charge on any atom is 0.225 e. The molecule has 0 amide bonds. The smallest absolute Gasteiger partial charge is 0.158 e. The highest BCUT2D eigenvalue weighted by molar-refractivity contribution is 8.02. The summed E-state index contributed by atoms with van der Waals surface area (Å²) in [6, 6.07) is 17.5. The molecule has 3 heteroatoms. The predicted octanol–water partition coefficient (Wildman–Crippen LogP) is 5.70. The summed E-state index contributed by atoms with van der Waals surface area (Å²) in [4.78, 5) is 5.44. The molecule has 2 aliphatic rings.